The van der Waals surface area contributed by atoms with E-state index in [1.807, 2.05) is 24.3 Å². The number of nitrogens with one attached hydrogen (secondary N) is 2. The number of hydrogen-bond donors (Lipinski definition) is 2. The molecule has 158 valence electrons. The van der Waals surface area contributed by atoms with Crippen molar-refractivity contribution in [1.29, 1.82) is 0 Å². The zero-order chi connectivity index (χ0) is 22.1. The topological polar surface area (TPSA) is 93.1 Å². The number of para-hydroxylation sites is 1. The Morgan fingerprint density at radius 3 is 2.65 bits per heavy atom. The third-order valence-electron chi connectivity index (χ3n) is 5.21. The van der Waals surface area contributed by atoms with Crippen LogP contribution in [0, 0.1) is 19.7 Å². The Morgan fingerprint density at radius 1 is 1.16 bits per heavy atom. The van der Waals surface area contributed by atoms with E-state index < -0.39 is 29.1 Å². The molecule has 3 aromatic rings. The Bertz CT molecular complexity index is 1240. The molecule has 0 saturated heterocycles. The van der Waals surface area contributed by atoms with E-state index in [1.165, 1.54) is 16.8 Å². The molecule has 0 saturated carbocycles. The predicted molar refractivity (Wildman–Crippen MR) is 114 cm³/mol. The quantitative estimate of drug-likeness (QED) is 0.681. The van der Waals surface area contributed by atoms with E-state index >= 15 is 0 Å². The van der Waals surface area contributed by atoms with Crippen molar-refractivity contribution in [3.8, 4) is 5.69 Å². The maximum absolute atomic E-state index is 14.3. The van der Waals surface area contributed by atoms with Crippen LogP contribution in [0.3, 0.4) is 0 Å². The predicted octanol–water partition coefficient (Wildman–Crippen LogP) is 2.67. The lowest BCUT2D eigenvalue weighted by molar-refractivity contribution is -0.118. The largest absolute Gasteiger partial charge is 0.339 e. The number of rotatable bonds is 3. The Labute approximate surface area is 177 Å². The minimum absolute atomic E-state index is 0.132. The number of anilines is 1. The van der Waals surface area contributed by atoms with E-state index in [0.717, 1.165) is 5.56 Å². The third-order valence-corrected chi connectivity index (χ3v) is 5.21. The molecule has 1 atom stereocenters. The van der Waals surface area contributed by atoms with Crippen LogP contribution in [0.2, 0.25) is 0 Å². The first-order chi connectivity index (χ1) is 14.8. The number of aromatic nitrogens is 2. The smallest absolute Gasteiger partial charge is 0.276 e. The minimum atomic E-state index is -0.924. The molecule has 0 spiro atoms. The normalized spacial score (nSPS) is 15.6. The molecule has 4 rings (SSSR count). The summed E-state index contributed by atoms with van der Waals surface area (Å²) in [6, 6.07) is 12.7. The van der Waals surface area contributed by atoms with Gasteiger partial charge in [0.25, 0.3) is 5.91 Å². The number of benzene rings is 2. The van der Waals surface area contributed by atoms with Gasteiger partial charge in [0.15, 0.2) is 5.69 Å². The molecule has 8 heteroatoms. The van der Waals surface area contributed by atoms with Crippen molar-refractivity contribution in [2.45, 2.75) is 32.7 Å². The van der Waals surface area contributed by atoms with Gasteiger partial charge in [0, 0.05) is 11.8 Å². The van der Waals surface area contributed by atoms with Gasteiger partial charge in [-0.1, -0.05) is 24.3 Å². The molecule has 1 aromatic heterocycles. The number of fused-ring (bicyclic) bond motifs is 1. The number of halogens is 1. The van der Waals surface area contributed by atoms with Gasteiger partial charge >= 0.3 is 0 Å². The number of aryl methyl sites for hydroxylation is 3. The number of carbonyl (C=O) groups excluding carboxylic acids is 2. The second-order valence-electron chi connectivity index (χ2n) is 7.58. The van der Waals surface area contributed by atoms with Crippen LogP contribution in [0.15, 0.2) is 53.3 Å². The lowest BCUT2D eigenvalue weighted by Gasteiger charge is -2.16. The summed E-state index contributed by atoms with van der Waals surface area (Å²) in [7, 11) is 0. The fourth-order valence-corrected chi connectivity index (χ4v) is 3.69. The van der Waals surface area contributed by atoms with Crippen LogP contribution in [-0.4, -0.2) is 27.6 Å². The Balaban J connectivity index is 1.60. The van der Waals surface area contributed by atoms with Gasteiger partial charge in [-0.25, -0.2) is 9.07 Å². The van der Waals surface area contributed by atoms with Gasteiger partial charge < -0.3 is 10.6 Å². The lowest BCUT2D eigenvalue weighted by Crippen LogP contribution is -2.45. The highest BCUT2D eigenvalue weighted by Crippen LogP contribution is 2.26. The molecule has 0 bridgehead atoms. The summed E-state index contributed by atoms with van der Waals surface area (Å²) in [4.78, 5) is 37.9. The molecule has 1 unspecified atom stereocenters. The molecular weight excluding hydrogens is 399 g/mol. The molecule has 1 aliphatic rings. The molecule has 0 radical (unpaired) electrons. The van der Waals surface area contributed by atoms with Crippen molar-refractivity contribution in [3.05, 3.63) is 87.1 Å². The van der Waals surface area contributed by atoms with E-state index in [4.69, 9.17) is 0 Å². The summed E-state index contributed by atoms with van der Waals surface area (Å²) in [5.41, 5.74) is 1.96. The average Bonchev–Trinajstić information content (AvgIpc) is 2.88. The van der Waals surface area contributed by atoms with Gasteiger partial charge in [0.2, 0.25) is 11.3 Å². The van der Waals surface area contributed by atoms with E-state index in [-0.39, 0.29) is 17.8 Å². The van der Waals surface area contributed by atoms with Crippen LogP contribution in [0.1, 0.15) is 33.7 Å². The Morgan fingerprint density at radius 2 is 1.90 bits per heavy atom. The summed E-state index contributed by atoms with van der Waals surface area (Å²) >= 11 is 0. The summed E-state index contributed by atoms with van der Waals surface area (Å²) in [6.45, 7) is 3.49. The van der Waals surface area contributed by atoms with Crippen LogP contribution < -0.4 is 16.1 Å². The third kappa shape index (κ3) is 4.09. The van der Waals surface area contributed by atoms with E-state index in [1.54, 1.807) is 26.0 Å². The monoisotopic (exact) mass is 420 g/mol. The molecule has 2 aromatic carbocycles. The summed E-state index contributed by atoms with van der Waals surface area (Å²) in [5, 5.41) is 9.36. The molecule has 2 amide bonds. The van der Waals surface area contributed by atoms with E-state index in [9.17, 15) is 18.8 Å². The van der Waals surface area contributed by atoms with E-state index in [0.29, 0.717) is 23.4 Å². The van der Waals surface area contributed by atoms with Crippen molar-refractivity contribution >= 4 is 17.5 Å². The van der Waals surface area contributed by atoms with Crippen molar-refractivity contribution in [1.82, 2.24) is 15.1 Å². The van der Waals surface area contributed by atoms with Gasteiger partial charge in [-0.2, -0.15) is 5.10 Å². The van der Waals surface area contributed by atoms with Gasteiger partial charge in [-0.15, -0.1) is 0 Å². The van der Waals surface area contributed by atoms with Crippen molar-refractivity contribution in [3.63, 3.8) is 0 Å². The maximum atomic E-state index is 14.3. The Kier molecular flexibility index (Phi) is 5.37. The SMILES string of the molecule is Cc1cc(F)c2c(c1)CCC(NC(=O)c1nn(-c3ccccc3)c(C)cc1=O)C(=O)N2. The van der Waals surface area contributed by atoms with Crippen molar-refractivity contribution < 1.29 is 14.0 Å². The average molecular weight is 420 g/mol. The highest BCUT2D eigenvalue weighted by Gasteiger charge is 2.28. The molecule has 7 nitrogen and oxygen atoms in total. The zero-order valence-corrected chi connectivity index (χ0v) is 17.1. The fraction of sp³-hybridized carbons (Fsp3) is 0.217. The first kappa shape index (κ1) is 20.5. The van der Waals surface area contributed by atoms with Crippen LogP contribution in [0.4, 0.5) is 10.1 Å². The molecule has 1 aliphatic heterocycles. The fourth-order valence-electron chi connectivity index (χ4n) is 3.69. The molecule has 2 N–H and O–H groups in total. The summed E-state index contributed by atoms with van der Waals surface area (Å²) in [5.74, 6) is -1.80. The molecule has 2 heterocycles. The lowest BCUT2D eigenvalue weighted by atomic mass is 10.0. The summed E-state index contributed by atoms with van der Waals surface area (Å²) < 4.78 is 15.8. The number of amides is 2. The number of carbonyl (C=O) groups is 2. The highest BCUT2D eigenvalue weighted by atomic mass is 19.1. The first-order valence-corrected chi connectivity index (χ1v) is 9.90. The minimum Gasteiger partial charge on any atom is -0.339 e. The molecular formula is C23H21FN4O3. The van der Waals surface area contributed by atoms with Crippen LogP contribution in [-0.2, 0) is 11.2 Å². The number of hydrogen-bond acceptors (Lipinski definition) is 4. The molecule has 0 fully saturated rings. The van der Waals surface area contributed by atoms with Crippen LogP contribution >= 0.6 is 0 Å². The molecule has 0 aliphatic carbocycles. The van der Waals surface area contributed by atoms with Gasteiger partial charge in [-0.05, 0) is 56.0 Å². The van der Waals surface area contributed by atoms with E-state index in [2.05, 4.69) is 15.7 Å². The van der Waals surface area contributed by atoms with Crippen molar-refractivity contribution in [2.75, 3.05) is 5.32 Å². The van der Waals surface area contributed by atoms with Crippen LogP contribution in [0.25, 0.3) is 5.69 Å². The van der Waals surface area contributed by atoms with Gasteiger partial charge in [0.1, 0.15) is 11.9 Å². The van der Waals surface area contributed by atoms with Gasteiger partial charge in [0.05, 0.1) is 11.4 Å². The Hall–Kier alpha value is -3.81. The van der Waals surface area contributed by atoms with Gasteiger partial charge in [-0.3, -0.25) is 14.4 Å². The van der Waals surface area contributed by atoms with Crippen molar-refractivity contribution in [2.24, 2.45) is 0 Å². The highest BCUT2D eigenvalue weighted by molar-refractivity contribution is 6.01. The second kappa shape index (κ2) is 8.14. The maximum Gasteiger partial charge on any atom is 0.276 e. The zero-order valence-electron chi connectivity index (χ0n) is 17.1. The standard InChI is InChI=1S/C23H21FN4O3/c1-13-10-15-8-9-18(22(30)26-20(15)17(24)11-13)25-23(31)21-19(29)12-14(2)28(27-21)16-6-4-3-5-7-16/h3-7,10-12,18H,8-9H2,1-2H3,(H,25,31)(H,26,30). The summed E-state index contributed by atoms with van der Waals surface area (Å²) in [6.07, 6.45) is 0.666. The number of nitrogens with zero attached hydrogens (tertiary/aromatic N) is 2. The molecule has 31 heavy (non-hydrogen) atoms. The first-order valence-electron chi connectivity index (χ1n) is 9.90. The van der Waals surface area contributed by atoms with Crippen LogP contribution in [0.5, 0.6) is 0 Å². The second-order valence-corrected chi connectivity index (χ2v) is 7.58.